The van der Waals surface area contributed by atoms with Crippen molar-refractivity contribution in [2.24, 2.45) is 0 Å². The molecule has 21 heavy (non-hydrogen) atoms. The molecule has 0 aromatic heterocycles. The normalized spacial score (nSPS) is 14.0. The third-order valence-corrected chi connectivity index (χ3v) is 2.95. The van der Waals surface area contributed by atoms with Crippen LogP contribution in [0.1, 0.15) is 33.3 Å². The van der Waals surface area contributed by atoms with Gasteiger partial charge in [-0.15, -0.1) is 0 Å². The number of ether oxygens (including phenoxy) is 2. The molecule has 1 aromatic carbocycles. The van der Waals surface area contributed by atoms with Crippen molar-refractivity contribution in [2.45, 2.75) is 38.8 Å². The van der Waals surface area contributed by atoms with E-state index in [0.717, 1.165) is 0 Å². The number of alkyl carbamates (subject to hydrolysis) is 1. The Morgan fingerprint density at radius 3 is 2.38 bits per heavy atom. The standard InChI is InChI=1S/C15H20ClNO4/c1-14(2,3)21-13(19)17-15(4,9-18)11-8-10(16)6-7-12(11)20-5/h6-9H,1-5H3,(H,17,19). The quantitative estimate of drug-likeness (QED) is 0.866. The molecule has 0 aliphatic rings. The molecule has 0 saturated heterocycles. The fraction of sp³-hybridized carbons (Fsp3) is 0.467. The van der Waals surface area contributed by atoms with Crippen LogP contribution in [0.2, 0.25) is 5.02 Å². The van der Waals surface area contributed by atoms with E-state index in [1.165, 1.54) is 7.11 Å². The Morgan fingerprint density at radius 2 is 1.90 bits per heavy atom. The SMILES string of the molecule is COc1ccc(Cl)cc1C(C)(C=O)NC(=O)OC(C)(C)C. The highest BCUT2D eigenvalue weighted by Crippen LogP contribution is 2.31. The van der Waals surface area contributed by atoms with E-state index >= 15 is 0 Å². The van der Waals surface area contributed by atoms with E-state index in [-0.39, 0.29) is 0 Å². The summed E-state index contributed by atoms with van der Waals surface area (Å²) in [5.41, 5.74) is -1.51. The van der Waals surface area contributed by atoms with Gasteiger partial charge in [0.15, 0.2) is 0 Å². The summed E-state index contributed by atoms with van der Waals surface area (Å²) in [6.07, 6.45) is -0.0791. The maximum atomic E-state index is 11.9. The van der Waals surface area contributed by atoms with Crippen molar-refractivity contribution < 1.29 is 19.1 Å². The van der Waals surface area contributed by atoms with E-state index < -0.39 is 17.2 Å². The minimum Gasteiger partial charge on any atom is -0.496 e. The molecule has 5 nitrogen and oxygen atoms in total. The van der Waals surface area contributed by atoms with Crippen molar-refractivity contribution in [1.82, 2.24) is 5.32 Å². The lowest BCUT2D eigenvalue weighted by Crippen LogP contribution is -2.47. The summed E-state index contributed by atoms with van der Waals surface area (Å²) in [5, 5.41) is 2.99. The number of carbonyl (C=O) groups is 2. The Hall–Kier alpha value is -1.75. The Bertz CT molecular complexity index is 539. The van der Waals surface area contributed by atoms with Crippen LogP contribution in [0.15, 0.2) is 18.2 Å². The highest BCUT2D eigenvalue weighted by atomic mass is 35.5. The van der Waals surface area contributed by atoms with Crippen LogP contribution in [0.25, 0.3) is 0 Å². The molecule has 0 fully saturated rings. The van der Waals surface area contributed by atoms with E-state index in [0.29, 0.717) is 22.6 Å². The van der Waals surface area contributed by atoms with Crippen LogP contribution in [-0.4, -0.2) is 25.1 Å². The molecule has 0 spiro atoms. The van der Waals surface area contributed by atoms with Crippen LogP contribution < -0.4 is 10.1 Å². The maximum absolute atomic E-state index is 11.9. The molecule has 1 amide bonds. The maximum Gasteiger partial charge on any atom is 0.408 e. The van der Waals surface area contributed by atoms with Gasteiger partial charge in [-0.1, -0.05) is 11.6 Å². The summed E-state index contributed by atoms with van der Waals surface area (Å²) in [5.74, 6) is 0.449. The summed E-state index contributed by atoms with van der Waals surface area (Å²) < 4.78 is 10.4. The van der Waals surface area contributed by atoms with Gasteiger partial charge in [-0.25, -0.2) is 4.79 Å². The predicted octanol–water partition coefficient (Wildman–Crippen LogP) is 3.29. The van der Waals surface area contributed by atoms with Crippen molar-refractivity contribution in [2.75, 3.05) is 7.11 Å². The van der Waals surface area contributed by atoms with E-state index in [1.807, 2.05) is 0 Å². The van der Waals surface area contributed by atoms with Crippen LogP contribution in [-0.2, 0) is 15.1 Å². The zero-order valence-corrected chi connectivity index (χ0v) is 13.6. The first-order valence-electron chi connectivity index (χ1n) is 6.43. The fourth-order valence-electron chi connectivity index (χ4n) is 1.76. The lowest BCUT2D eigenvalue weighted by Gasteiger charge is -2.29. The molecule has 0 saturated carbocycles. The molecular formula is C15H20ClNO4. The number of hydrogen-bond acceptors (Lipinski definition) is 4. The van der Waals surface area contributed by atoms with Crippen LogP contribution in [0.5, 0.6) is 5.75 Å². The fourth-order valence-corrected chi connectivity index (χ4v) is 1.93. The zero-order valence-electron chi connectivity index (χ0n) is 12.8. The Labute approximate surface area is 129 Å². The summed E-state index contributed by atoms with van der Waals surface area (Å²) in [4.78, 5) is 23.5. The van der Waals surface area contributed by atoms with Gasteiger partial charge < -0.3 is 19.6 Å². The molecule has 0 bridgehead atoms. The van der Waals surface area contributed by atoms with Crippen molar-refractivity contribution in [3.8, 4) is 5.75 Å². The first-order chi connectivity index (χ1) is 9.61. The number of rotatable bonds is 4. The predicted molar refractivity (Wildman–Crippen MR) is 80.8 cm³/mol. The van der Waals surface area contributed by atoms with Crippen LogP contribution in [0.4, 0.5) is 4.79 Å². The second-order valence-electron chi connectivity index (χ2n) is 5.79. The van der Waals surface area contributed by atoms with Gasteiger partial charge >= 0.3 is 6.09 Å². The lowest BCUT2D eigenvalue weighted by molar-refractivity contribution is -0.113. The van der Waals surface area contributed by atoms with Crippen LogP contribution >= 0.6 is 11.6 Å². The van der Waals surface area contributed by atoms with Gasteiger partial charge in [-0.3, -0.25) is 0 Å². The summed E-state index contributed by atoms with van der Waals surface area (Å²) in [6, 6.07) is 4.85. The summed E-state index contributed by atoms with van der Waals surface area (Å²) in [7, 11) is 1.48. The highest BCUT2D eigenvalue weighted by molar-refractivity contribution is 6.30. The molecular weight excluding hydrogens is 294 g/mol. The first kappa shape index (κ1) is 17.3. The van der Waals surface area contributed by atoms with Gasteiger partial charge in [0.05, 0.1) is 7.11 Å². The second kappa shape index (κ2) is 6.35. The number of hydrogen-bond donors (Lipinski definition) is 1. The molecule has 0 aliphatic heterocycles. The zero-order chi connectivity index (χ0) is 16.3. The van der Waals surface area contributed by atoms with E-state index in [9.17, 15) is 9.59 Å². The van der Waals surface area contributed by atoms with Gasteiger partial charge in [-0.2, -0.15) is 0 Å². The Morgan fingerprint density at radius 1 is 1.29 bits per heavy atom. The number of halogens is 1. The Kier molecular flexibility index (Phi) is 5.23. The highest BCUT2D eigenvalue weighted by Gasteiger charge is 2.33. The van der Waals surface area contributed by atoms with Crippen LogP contribution in [0, 0.1) is 0 Å². The summed E-state index contributed by atoms with van der Waals surface area (Å²) >= 11 is 5.96. The van der Waals surface area contributed by atoms with Crippen molar-refractivity contribution in [1.29, 1.82) is 0 Å². The molecule has 0 aliphatic carbocycles. The largest absolute Gasteiger partial charge is 0.496 e. The molecule has 0 radical (unpaired) electrons. The third-order valence-electron chi connectivity index (χ3n) is 2.72. The minimum absolute atomic E-state index is 0.435. The van der Waals surface area contributed by atoms with E-state index in [2.05, 4.69) is 5.32 Å². The van der Waals surface area contributed by atoms with Crippen molar-refractivity contribution in [3.05, 3.63) is 28.8 Å². The molecule has 116 valence electrons. The van der Waals surface area contributed by atoms with Crippen LogP contribution in [0.3, 0.4) is 0 Å². The van der Waals surface area contributed by atoms with Gasteiger partial charge in [0.2, 0.25) is 0 Å². The monoisotopic (exact) mass is 313 g/mol. The lowest BCUT2D eigenvalue weighted by atomic mass is 9.93. The van der Waals surface area contributed by atoms with Crippen molar-refractivity contribution >= 4 is 24.0 Å². The molecule has 6 heteroatoms. The number of carbonyl (C=O) groups excluding carboxylic acids is 2. The average Bonchev–Trinajstić information content (AvgIpc) is 2.36. The van der Waals surface area contributed by atoms with Gasteiger partial charge in [0.25, 0.3) is 0 Å². The number of benzene rings is 1. The number of nitrogens with one attached hydrogen (secondary N) is 1. The van der Waals surface area contributed by atoms with Gasteiger partial charge in [-0.05, 0) is 45.9 Å². The average molecular weight is 314 g/mol. The topological polar surface area (TPSA) is 64.6 Å². The number of methoxy groups -OCH3 is 1. The molecule has 1 unspecified atom stereocenters. The van der Waals surface area contributed by atoms with Gasteiger partial charge in [0, 0.05) is 10.6 Å². The number of amides is 1. The molecule has 1 rings (SSSR count). The first-order valence-corrected chi connectivity index (χ1v) is 6.80. The molecule has 1 atom stereocenters. The molecule has 1 N–H and O–H groups in total. The third kappa shape index (κ3) is 4.63. The van der Waals surface area contributed by atoms with Crippen molar-refractivity contribution in [3.63, 3.8) is 0 Å². The second-order valence-corrected chi connectivity index (χ2v) is 6.23. The van der Waals surface area contributed by atoms with E-state index in [4.69, 9.17) is 21.1 Å². The molecule has 1 aromatic rings. The Balaban J connectivity index is 3.13. The minimum atomic E-state index is -1.31. The summed E-state index contributed by atoms with van der Waals surface area (Å²) in [6.45, 7) is 6.78. The smallest absolute Gasteiger partial charge is 0.408 e. The van der Waals surface area contributed by atoms with E-state index in [1.54, 1.807) is 45.9 Å². The molecule has 0 heterocycles. The number of aldehydes is 1. The van der Waals surface area contributed by atoms with Gasteiger partial charge in [0.1, 0.15) is 23.2 Å².